The molecule has 1 saturated carbocycles. The predicted molar refractivity (Wildman–Crippen MR) is 77.8 cm³/mol. The van der Waals surface area contributed by atoms with E-state index in [1.807, 2.05) is 18.2 Å². The van der Waals surface area contributed by atoms with E-state index in [1.165, 1.54) is 25.7 Å². The second-order valence-electron chi connectivity index (χ2n) is 5.36. The summed E-state index contributed by atoms with van der Waals surface area (Å²) in [4.78, 5) is 2.37. The van der Waals surface area contributed by atoms with Crippen LogP contribution in [-0.2, 0) is 0 Å². The molecule has 0 bridgehead atoms. The molecule has 1 fully saturated rings. The van der Waals surface area contributed by atoms with Crippen LogP contribution in [0.15, 0.2) is 24.3 Å². The minimum Gasteiger partial charge on any atom is -0.329 e. The van der Waals surface area contributed by atoms with Crippen molar-refractivity contribution in [3.8, 4) is 0 Å². The molecule has 100 valence electrons. The third kappa shape index (κ3) is 3.25. The minimum atomic E-state index is 0.235. The molecular weight excluding hydrogens is 244 g/mol. The Kier molecular flexibility index (Phi) is 5.04. The second-order valence-corrected chi connectivity index (χ2v) is 5.77. The number of nitrogens with zero attached hydrogens (tertiary/aromatic N) is 1. The van der Waals surface area contributed by atoms with Gasteiger partial charge in [0.1, 0.15) is 0 Å². The molecule has 1 unspecified atom stereocenters. The van der Waals surface area contributed by atoms with Gasteiger partial charge in [0.25, 0.3) is 0 Å². The monoisotopic (exact) mass is 266 g/mol. The maximum Gasteiger partial charge on any atom is 0.0482 e. The van der Waals surface area contributed by atoms with Gasteiger partial charge in [-0.3, -0.25) is 4.90 Å². The fourth-order valence-corrected chi connectivity index (χ4v) is 3.28. The van der Waals surface area contributed by atoms with E-state index in [0.29, 0.717) is 6.54 Å². The van der Waals surface area contributed by atoms with E-state index in [1.54, 1.807) is 0 Å². The second kappa shape index (κ2) is 6.55. The number of benzene rings is 1. The average Bonchev–Trinajstić information content (AvgIpc) is 2.85. The molecule has 1 aliphatic carbocycles. The van der Waals surface area contributed by atoms with Gasteiger partial charge in [0, 0.05) is 24.2 Å². The van der Waals surface area contributed by atoms with Crippen LogP contribution < -0.4 is 5.73 Å². The zero-order chi connectivity index (χ0) is 13.0. The van der Waals surface area contributed by atoms with Crippen LogP contribution in [0, 0.1) is 5.92 Å². The van der Waals surface area contributed by atoms with Crippen molar-refractivity contribution in [1.29, 1.82) is 0 Å². The van der Waals surface area contributed by atoms with E-state index < -0.39 is 0 Å². The van der Waals surface area contributed by atoms with E-state index in [9.17, 15) is 0 Å². The van der Waals surface area contributed by atoms with Crippen molar-refractivity contribution in [2.24, 2.45) is 11.7 Å². The van der Waals surface area contributed by atoms with Crippen LogP contribution in [0.2, 0.25) is 5.02 Å². The zero-order valence-electron chi connectivity index (χ0n) is 11.1. The molecule has 1 aliphatic rings. The van der Waals surface area contributed by atoms with Gasteiger partial charge in [0.15, 0.2) is 0 Å². The first-order chi connectivity index (χ1) is 8.72. The van der Waals surface area contributed by atoms with Gasteiger partial charge < -0.3 is 5.73 Å². The first kappa shape index (κ1) is 13.9. The molecule has 0 amide bonds. The van der Waals surface area contributed by atoms with Crippen molar-refractivity contribution in [2.75, 3.05) is 20.1 Å². The number of halogens is 1. The Morgan fingerprint density at radius 3 is 2.61 bits per heavy atom. The summed E-state index contributed by atoms with van der Waals surface area (Å²) in [6.45, 7) is 1.75. The Morgan fingerprint density at radius 2 is 2.00 bits per heavy atom. The summed E-state index contributed by atoms with van der Waals surface area (Å²) < 4.78 is 0. The summed E-state index contributed by atoms with van der Waals surface area (Å²) in [5.41, 5.74) is 7.10. The highest BCUT2D eigenvalue weighted by Gasteiger charge is 2.22. The van der Waals surface area contributed by atoms with Crippen molar-refractivity contribution in [2.45, 2.75) is 31.7 Å². The molecule has 1 aromatic carbocycles. The van der Waals surface area contributed by atoms with E-state index in [2.05, 4.69) is 18.0 Å². The first-order valence-electron chi connectivity index (χ1n) is 6.87. The summed E-state index contributed by atoms with van der Waals surface area (Å²) in [6, 6.07) is 8.27. The Balaban J connectivity index is 2.05. The highest BCUT2D eigenvalue weighted by atomic mass is 35.5. The van der Waals surface area contributed by atoms with Gasteiger partial charge in [-0.25, -0.2) is 0 Å². The van der Waals surface area contributed by atoms with Gasteiger partial charge in [-0.05, 0) is 37.4 Å². The quantitative estimate of drug-likeness (QED) is 0.884. The summed E-state index contributed by atoms with van der Waals surface area (Å²) in [6.07, 6.45) is 5.50. The molecule has 0 aromatic heterocycles. The molecule has 0 spiro atoms. The van der Waals surface area contributed by atoms with Gasteiger partial charge in [0.2, 0.25) is 0 Å². The fourth-order valence-electron chi connectivity index (χ4n) is 3.02. The summed E-state index contributed by atoms with van der Waals surface area (Å²) >= 11 is 6.28. The fraction of sp³-hybridized carbons (Fsp3) is 0.600. The van der Waals surface area contributed by atoms with E-state index >= 15 is 0 Å². The SMILES string of the molecule is CN(CC1CCCC1)C(CN)c1ccccc1Cl. The van der Waals surface area contributed by atoms with Crippen LogP contribution in [0.25, 0.3) is 0 Å². The normalized spacial score (nSPS) is 18.4. The molecule has 0 radical (unpaired) electrons. The number of hydrogen-bond acceptors (Lipinski definition) is 2. The Labute approximate surface area is 115 Å². The van der Waals surface area contributed by atoms with Crippen molar-refractivity contribution in [3.05, 3.63) is 34.9 Å². The maximum atomic E-state index is 6.28. The number of likely N-dealkylation sites (N-methyl/N-ethyl adjacent to an activating group) is 1. The van der Waals surface area contributed by atoms with E-state index in [-0.39, 0.29) is 6.04 Å². The third-order valence-corrected chi connectivity index (χ3v) is 4.38. The molecule has 1 aromatic rings. The van der Waals surface area contributed by atoms with Crippen molar-refractivity contribution in [1.82, 2.24) is 4.90 Å². The number of rotatable bonds is 5. The number of hydrogen-bond donors (Lipinski definition) is 1. The van der Waals surface area contributed by atoms with Crippen LogP contribution in [-0.4, -0.2) is 25.0 Å². The van der Waals surface area contributed by atoms with Crippen LogP contribution in [0.1, 0.15) is 37.3 Å². The lowest BCUT2D eigenvalue weighted by molar-refractivity contribution is 0.212. The van der Waals surface area contributed by atoms with Crippen LogP contribution in [0.5, 0.6) is 0 Å². The van der Waals surface area contributed by atoms with E-state index in [4.69, 9.17) is 17.3 Å². The largest absolute Gasteiger partial charge is 0.329 e. The Morgan fingerprint density at radius 1 is 1.33 bits per heavy atom. The number of nitrogens with two attached hydrogens (primary N) is 1. The predicted octanol–water partition coefficient (Wildman–Crippen LogP) is 3.46. The molecule has 18 heavy (non-hydrogen) atoms. The van der Waals surface area contributed by atoms with Crippen molar-refractivity contribution in [3.63, 3.8) is 0 Å². The Hall–Kier alpha value is -0.570. The molecule has 2 rings (SSSR count). The van der Waals surface area contributed by atoms with Gasteiger partial charge in [-0.2, -0.15) is 0 Å². The average molecular weight is 267 g/mol. The van der Waals surface area contributed by atoms with Crippen LogP contribution in [0.4, 0.5) is 0 Å². The summed E-state index contributed by atoms with van der Waals surface area (Å²) in [7, 11) is 2.17. The summed E-state index contributed by atoms with van der Waals surface area (Å²) in [5.74, 6) is 0.839. The van der Waals surface area contributed by atoms with Crippen molar-refractivity contribution >= 4 is 11.6 Å². The standard InChI is InChI=1S/C15H23ClN2/c1-18(11-12-6-2-3-7-12)15(10-17)13-8-4-5-9-14(13)16/h4-5,8-9,12,15H,2-3,6-7,10-11,17H2,1H3. The molecule has 3 heteroatoms. The maximum absolute atomic E-state index is 6.28. The van der Waals surface area contributed by atoms with Crippen LogP contribution >= 0.6 is 11.6 Å². The molecule has 0 aliphatic heterocycles. The highest BCUT2D eigenvalue weighted by Crippen LogP contribution is 2.30. The highest BCUT2D eigenvalue weighted by molar-refractivity contribution is 6.31. The lowest BCUT2D eigenvalue weighted by Gasteiger charge is -2.30. The molecule has 0 saturated heterocycles. The lowest BCUT2D eigenvalue weighted by Crippen LogP contribution is -2.34. The van der Waals surface area contributed by atoms with E-state index in [0.717, 1.165) is 23.0 Å². The molecule has 1 atom stereocenters. The molecule has 2 nitrogen and oxygen atoms in total. The first-order valence-corrected chi connectivity index (χ1v) is 7.25. The van der Waals surface area contributed by atoms with Crippen molar-refractivity contribution < 1.29 is 0 Å². The summed E-state index contributed by atoms with van der Waals surface area (Å²) in [5, 5.41) is 0.825. The van der Waals surface area contributed by atoms with Gasteiger partial charge >= 0.3 is 0 Å². The zero-order valence-corrected chi connectivity index (χ0v) is 11.9. The minimum absolute atomic E-state index is 0.235. The van der Waals surface area contributed by atoms with Gasteiger partial charge in [0.05, 0.1) is 0 Å². The third-order valence-electron chi connectivity index (χ3n) is 4.04. The van der Waals surface area contributed by atoms with Gasteiger partial charge in [-0.1, -0.05) is 42.6 Å². The van der Waals surface area contributed by atoms with Crippen LogP contribution in [0.3, 0.4) is 0 Å². The lowest BCUT2D eigenvalue weighted by atomic mass is 10.0. The molecular formula is C15H23ClN2. The topological polar surface area (TPSA) is 29.3 Å². The molecule has 0 heterocycles. The molecule has 2 N–H and O–H groups in total. The van der Waals surface area contributed by atoms with Gasteiger partial charge in [-0.15, -0.1) is 0 Å². The Bertz CT molecular complexity index is 375. The smallest absolute Gasteiger partial charge is 0.0482 e.